The number of ketones is 1. The van der Waals surface area contributed by atoms with E-state index in [4.69, 9.17) is 0 Å². The number of nitrogens with one attached hydrogen (secondary N) is 3. The summed E-state index contributed by atoms with van der Waals surface area (Å²) in [5.41, 5.74) is 2.96. The van der Waals surface area contributed by atoms with Crippen LogP contribution in [0, 0.1) is 0 Å². The number of carbonyl (C=O) groups excluding carboxylic acids is 2. The highest BCUT2D eigenvalue weighted by molar-refractivity contribution is 5.94. The number of hydrogen-bond donors (Lipinski definition) is 3. The highest BCUT2D eigenvalue weighted by Crippen LogP contribution is 2.21. The lowest BCUT2D eigenvalue weighted by Crippen LogP contribution is -2.06. The van der Waals surface area contributed by atoms with Crippen LogP contribution in [0.4, 0.5) is 28.7 Å². The lowest BCUT2D eigenvalue weighted by molar-refractivity contribution is -0.114. The summed E-state index contributed by atoms with van der Waals surface area (Å²) in [6, 6.07) is 16.3. The van der Waals surface area contributed by atoms with Crippen molar-refractivity contribution < 1.29 is 9.59 Å². The molecule has 0 saturated heterocycles. The molecule has 3 N–H and O–H groups in total. The van der Waals surface area contributed by atoms with E-state index in [1.165, 1.54) is 20.2 Å². The Bertz CT molecular complexity index is 970. The first-order chi connectivity index (χ1) is 13.0. The van der Waals surface area contributed by atoms with E-state index >= 15 is 0 Å². The third-order valence-electron chi connectivity index (χ3n) is 3.69. The molecule has 0 radical (unpaired) electrons. The van der Waals surface area contributed by atoms with Crippen molar-refractivity contribution in [3.8, 4) is 0 Å². The summed E-state index contributed by atoms with van der Waals surface area (Å²) in [6.07, 6.45) is 1.45. The van der Waals surface area contributed by atoms with Crippen LogP contribution in [0.3, 0.4) is 0 Å². The third-order valence-corrected chi connectivity index (χ3v) is 3.69. The molecule has 0 aliphatic carbocycles. The Hall–Kier alpha value is -3.74. The number of anilines is 5. The molecule has 1 amide bonds. The molecule has 3 aromatic rings. The summed E-state index contributed by atoms with van der Waals surface area (Å²) in [5.74, 6) is 1.11. The summed E-state index contributed by atoms with van der Waals surface area (Å²) >= 11 is 0. The Morgan fingerprint density at radius 1 is 0.778 bits per heavy atom. The predicted molar refractivity (Wildman–Crippen MR) is 106 cm³/mol. The van der Waals surface area contributed by atoms with Gasteiger partial charge in [-0.15, -0.1) is 0 Å². The molecule has 1 aromatic heterocycles. The van der Waals surface area contributed by atoms with E-state index in [-0.39, 0.29) is 11.7 Å². The van der Waals surface area contributed by atoms with Gasteiger partial charge in [-0.05, 0) is 49.4 Å². The van der Waals surface area contributed by atoms with Gasteiger partial charge in [0.15, 0.2) is 5.78 Å². The molecule has 0 aliphatic rings. The topological polar surface area (TPSA) is 96.0 Å². The van der Waals surface area contributed by atoms with E-state index in [0.29, 0.717) is 22.9 Å². The Kier molecular flexibility index (Phi) is 5.41. The van der Waals surface area contributed by atoms with Crippen molar-refractivity contribution in [1.29, 1.82) is 0 Å². The lowest BCUT2D eigenvalue weighted by Gasteiger charge is -2.10. The normalized spacial score (nSPS) is 10.1. The van der Waals surface area contributed by atoms with E-state index in [9.17, 15) is 9.59 Å². The lowest BCUT2D eigenvalue weighted by atomic mass is 10.1. The van der Waals surface area contributed by atoms with Crippen molar-refractivity contribution in [2.75, 3.05) is 16.0 Å². The molecule has 27 heavy (non-hydrogen) atoms. The SMILES string of the molecule is CC(=O)Nc1cccc(Nc2cc(Nc3ccc(C(C)=O)cc3)ncn2)c1. The molecule has 0 fully saturated rings. The van der Waals surface area contributed by atoms with Gasteiger partial charge < -0.3 is 16.0 Å². The number of hydrogen-bond acceptors (Lipinski definition) is 6. The monoisotopic (exact) mass is 361 g/mol. The smallest absolute Gasteiger partial charge is 0.221 e. The van der Waals surface area contributed by atoms with Gasteiger partial charge >= 0.3 is 0 Å². The van der Waals surface area contributed by atoms with Gasteiger partial charge in [-0.1, -0.05) is 6.07 Å². The maximum Gasteiger partial charge on any atom is 0.221 e. The van der Waals surface area contributed by atoms with Crippen LogP contribution < -0.4 is 16.0 Å². The van der Waals surface area contributed by atoms with Gasteiger partial charge in [-0.2, -0.15) is 0 Å². The van der Waals surface area contributed by atoms with Gasteiger partial charge in [0, 0.05) is 35.6 Å². The largest absolute Gasteiger partial charge is 0.340 e. The van der Waals surface area contributed by atoms with Gasteiger partial charge in [-0.3, -0.25) is 9.59 Å². The van der Waals surface area contributed by atoms with Crippen molar-refractivity contribution >= 4 is 40.4 Å². The van der Waals surface area contributed by atoms with Crippen LogP contribution >= 0.6 is 0 Å². The average Bonchev–Trinajstić information content (AvgIpc) is 2.62. The van der Waals surface area contributed by atoms with Crippen LogP contribution in [0.15, 0.2) is 60.9 Å². The molecule has 7 nitrogen and oxygen atoms in total. The first kappa shape index (κ1) is 18.1. The highest BCUT2D eigenvalue weighted by Gasteiger charge is 2.03. The fourth-order valence-corrected chi connectivity index (χ4v) is 2.46. The molecule has 0 spiro atoms. The molecule has 0 bridgehead atoms. The molecular formula is C20H19N5O2. The maximum absolute atomic E-state index is 11.3. The quantitative estimate of drug-likeness (QED) is 0.572. The van der Waals surface area contributed by atoms with Crippen LogP contribution in [-0.2, 0) is 4.79 Å². The molecule has 0 unspecified atom stereocenters. The zero-order chi connectivity index (χ0) is 19.2. The predicted octanol–water partition coefficient (Wildman–Crippen LogP) is 4.12. The Morgan fingerprint density at radius 2 is 1.41 bits per heavy atom. The highest BCUT2D eigenvalue weighted by atomic mass is 16.1. The van der Waals surface area contributed by atoms with Crippen LogP contribution in [0.1, 0.15) is 24.2 Å². The minimum absolute atomic E-state index is 0.0246. The number of carbonyl (C=O) groups is 2. The van der Waals surface area contributed by atoms with E-state index in [0.717, 1.165) is 11.4 Å². The molecule has 3 rings (SSSR count). The van der Waals surface area contributed by atoms with Crippen molar-refractivity contribution in [2.45, 2.75) is 13.8 Å². The molecule has 7 heteroatoms. The fourth-order valence-electron chi connectivity index (χ4n) is 2.46. The number of Topliss-reactive ketones (excluding diaryl/α,β-unsaturated/α-hetero) is 1. The summed E-state index contributed by atoms with van der Waals surface area (Å²) in [6.45, 7) is 3.00. The number of benzene rings is 2. The minimum Gasteiger partial charge on any atom is -0.340 e. The number of nitrogens with zero attached hydrogens (tertiary/aromatic N) is 2. The molecule has 0 saturated carbocycles. The summed E-state index contributed by atoms with van der Waals surface area (Å²) in [7, 11) is 0. The van der Waals surface area contributed by atoms with Crippen molar-refractivity contribution in [3.05, 3.63) is 66.5 Å². The van der Waals surface area contributed by atoms with Crippen LogP contribution in [0.25, 0.3) is 0 Å². The zero-order valence-electron chi connectivity index (χ0n) is 15.0. The van der Waals surface area contributed by atoms with Gasteiger partial charge in [0.2, 0.25) is 5.91 Å². The molecule has 0 aliphatic heterocycles. The average molecular weight is 361 g/mol. The maximum atomic E-state index is 11.3. The molecule has 2 aromatic carbocycles. The zero-order valence-corrected chi connectivity index (χ0v) is 15.0. The molecule has 1 heterocycles. The van der Waals surface area contributed by atoms with Crippen LogP contribution in [0.5, 0.6) is 0 Å². The van der Waals surface area contributed by atoms with Crippen LogP contribution in [0.2, 0.25) is 0 Å². The second-order valence-electron chi connectivity index (χ2n) is 5.93. The van der Waals surface area contributed by atoms with E-state index < -0.39 is 0 Å². The Balaban J connectivity index is 1.72. The summed E-state index contributed by atoms with van der Waals surface area (Å²) in [5, 5.41) is 9.09. The third kappa shape index (κ3) is 5.12. The standard InChI is InChI=1S/C20H19N5O2/c1-13(26)15-6-8-16(9-7-15)24-19-11-20(22-12-21-19)25-18-5-3-4-17(10-18)23-14(2)27/h3-12H,1-2H3,(H,23,27)(H2,21,22,24,25). The van der Waals surface area contributed by atoms with Crippen LogP contribution in [-0.4, -0.2) is 21.7 Å². The number of aromatic nitrogens is 2. The van der Waals surface area contributed by atoms with E-state index in [1.807, 2.05) is 36.4 Å². The minimum atomic E-state index is -0.128. The number of amides is 1. The van der Waals surface area contributed by atoms with Crippen molar-refractivity contribution in [1.82, 2.24) is 9.97 Å². The first-order valence-corrected chi connectivity index (χ1v) is 8.34. The Labute approximate surface area is 156 Å². The van der Waals surface area contributed by atoms with E-state index in [1.54, 1.807) is 18.2 Å². The first-order valence-electron chi connectivity index (χ1n) is 8.34. The molecular weight excluding hydrogens is 342 g/mol. The van der Waals surface area contributed by atoms with Gasteiger partial charge in [0.1, 0.15) is 18.0 Å². The van der Waals surface area contributed by atoms with Crippen molar-refractivity contribution in [2.24, 2.45) is 0 Å². The second-order valence-corrected chi connectivity index (χ2v) is 5.93. The van der Waals surface area contributed by atoms with Gasteiger partial charge in [0.05, 0.1) is 0 Å². The van der Waals surface area contributed by atoms with E-state index in [2.05, 4.69) is 25.9 Å². The fraction of sp³-hybridized carbons (Fsp3) is 0.100. The second kappa shape index (κ2) is 8.09. The molecule has 0 atom stereocenters. The summed E-state index contributed by atoms with van der Waals surface area (Å²) < 4.78 is 0. The summed E-state index contributed by atoms with van der Waals surface area (Å²) in [4.78, 5) is 30.9. The van der Waals surface area contributed by atoms with Gasteiger partial charge in [0.25, 0.3) is 0 Å². The van der Waals surface area contributed by atoms with Crippen molar-refractivity contribution in [3.63, 3.8) is 0 Å². The Morgan fingerprint density at radius 3 is 2.04 bits per heavy atom. The van der Waals surface area contributed by atoms with Gasteiger partial charge in [-0.25, -0.2) is 9.97 Å². The number of rotatable bonds is 6. The molecule has 136 valence electrons.